The summed E-state index contributed by atoms with van der Waals surface area (Å²) >= 11 is 1.58. The summed E-state index contributed by atoms with van der Waals surface area (Å²) in [5.74, 6) is 1.32. The van der Waals surface area contributed by atoms with Crippen LogP contribution in [0.3, 0.4) is 0 Å². The van der Waals surface area contributed by atoms with E-state index >= 15 is 0 Å². The molecule has 2 saturated heterocycles. The Morgan fingerprint density at radius 2 is 1.63 bits per heavy atom. The van der Waals surface area contributed by atoms with E-state index in [4.69, 9.17) is 10.3 Å². The van der Waals surface area contributed by atoms with Gasteiger partial charge in [0.2, 0.25) is 0 Å². The first-order valence-electron chi connectivity index (χ1n) is 12.4. The zero-order valence-electron chi connectivity index (χ0n) is 20.4. The van der Waals surface area contributed by atoms with Gasteiger partial charge in [0.05, 0.1) is 13.1 Å². The SMILES string of the molecule is C=C1OC(CN=[N+]=[N-])CN1c1ccc(N2CCN(c3ccc(CC([CH]=[W])CCC)cc3)CC2)cc1. The molecule has 2 aliphatic heterocycles. The Bertz CT molecular complexity index is 1040. The van der Waals surface area contributed by atoms with Crippen molar-refractivity contribution in [2.75, 3.05) is 54.0 Å². The predicted molar refractivity (Wildman–Crippen MR) is 141 cm³/mol. The minimum atomic E-state index is -0.149. The van der Waals surface area contributed by atoms with Crippen LogP contribution in [-0.4, -0.2) is 49.8 Å². The summed E-state index contributed by atoms with van der Waals surface area (Å²) in [7, 11) is 0. The number of piperazine rings is 1. The molecular weight excluding hydrogens is 608 g/mol. The van der Waals surface area contributed by atoms with Crippen LogP contribution in [-0.2, 0) is 30.5 Å². The molecular formula is C27H34N6OW. The second kappa shape index (κ2) is 12.3. The molecule has 0 radical (unpaired) electrons. The zero-order valence-corrected chi connectivity index (χ0v) is 23.4. The van der Waals surface area contributed by atoms with Crippen molar-refractivity contribution < 1.29 is 24.1 Å². The van der Waals surface area contributed by atoms with E-state index < -0.39 is 0 Å². The van der Waals surface area contributed by atoms with Crippen molar-refractivity contribution >= 4 is 21.5 Å². The minimum absolute atomic E-state index is 0.149. The van der Waals surface area contributed by atoms with E-state index in [-0.39, 0.29) is 6.10 Å². The average molecular weight is 642 g/mol. The van der Waals surface area contributed by atoms with Gasteiger partial charge in [-0.05, 0) is 36.4 Å². The quantitative estimate of drug-likeness (QED) is 0.200. The standard InChI is InChI=1S/C27H34N6O.W/c1-4-5-21(2)18-23-6-8-24(9-7-23)31-14-16-32(17-15-31)25-10-12-26(13-11-25)33-20-27(19-29-30-28)34-22(33)3;/h2,6-13,21,27H,3-5,14-20H2,1H3;. The molecule has 4 rings (SSSR count). The van der Waals surface area contributed by atoms with E-state index in [2.05, 4.69) is 86.3 Å². The maximum absolute atomic E-state index is 8.53. The maximum atomic E-state index is 8.53. The topological polar surface area (TPSA) is 67.7 Å². The van der Waals surface area contributed by atoms with Crippen LogP contribution in [0, 0.1) is 5.92 Å². The van der Waals surface area contributed by atoms with E-state index in [0.717, 1.165) is 38.3 Å². The number of rotatable bonds is 10. The molecule has 0 saturated carbocycles. The Kier molecular flexibility index (Phi) is 8.89. The number of ether oxygens (including phenoxy) is 1. The fraction of sp³-hybridized carbons (Fsp3) is 0.444. The monoisotopic (exact) mass is 642 g/mol. The normalized spacial score (nSPS) is 18.7. The Labute approximate surface area is 219 Å². The van der Waals surface area contributed by atoms with Crippen molar-refractivity contribution in [2.24, 2.45) is 11.0 Å². The van der Waals surface area contributed by atoms with Gasteiger partial charge in [-0.1, -0.05) is 5.11 Å². The fourth-order valence-corrected chi connectivity index (χ4v) is 5.71. The van der Waals surface area contributed by atoms with Crippen molar-refractivity contribution in [3.05, 3.63) is 77.0 Å². The summed E-state index contributed by atoms with van der Waals surface area (Å²) in [5.41, 5.74) is 13.6. The molecule has 2 atom stereocenters. The number of benzene rings is 2. The van der Waals surface area contributed by atoms with Crippen molar-refractivity contribution in [3.63, 3.8) is 0 Å². The van der Waals surface area contributed by atoms with Crippen molar-refractivity contribution in [1.29, 1.82) is 0 Å². The van der Waals surface area contributed by atoms with Crippen LogP contribution in [0.1, 0.15) is 25.3 Å². The second-order valence-electron chi connectivity index (χ2n) is 9.20. The van der Waals surface area contributed by atoms with Crippen LogP contribution < -0.4 is 14.7 Å². The number of hydrogen-bond donors (Lipinski definition) is 0. The van der Waals surface area contributed by atoms with Crippen molar-refractivity contribution in [2.45, 2.75) is 32.3 Å². The Balaban J connectivity index is 1.30. The Morgan fingerprint density at radius 1 is 1.06 bits per heavy atom. The summed E-state index contributed by atoms with van der Waals surface area (Å²) in [6.45, 7) is 11.3. The van der Waals surface area contributed by atoms with Crippen LogP contribution in [0.5, 0.6) is 0 Å². The first kappa shape index (κ1) is 25.3. The summed E-state index contributed by atoms with van der Waals surface area (Å²) in [6, 6.07) is 17.8. The fourth-order valence-electron chi connectivity index (χ4n) is 4.87. The van der Waals surface area contributed by atoms with Gasteiger partial charge in [0, 0.05) is 10.6 Å². The second-order valence-corrected chi connectivity index (χ2v) is 10.2. The average Bonchev–Trinajstić information content (AvgIpc) is 3.28. The van der Waals surface area contributed by atoms with Gasteiger partial charge in [0.1, 0.15) is 6.10 Å². The van der Waals surface area contributed by atoms with E-state index in [9.17, 15) is 0 Å². The predicted octanol–water partition coefficient (Wildman–Crippen LogP) is 5.31. The Morgan fingerprint density at radius 3 is 2.17 bits per heavy atom. The molecule has 0 N–H and O–H groups in total. The third-order valence-corrected chi connectivity index (χ3v) is 8.18. The Hall–Kier alpha value is -2.75. The minimum Gasteiger partial charge on any atom is -0.0367 e. The summed E-state index contributed by atoms with van der Waals surface area (Å²) in [5, 5.41) is 3.62. The molecule has 2 aromatic carbocycles. The summed E-state index contributed by atoms with van der Waals surface area (Å²) in [4.78, 5) is 9.79. The molecule has 0 aromatic heterocycles. The van der Waals surface area contributed by atoms with Gasteiger partial charge in [-0.3, -0.25) is 0 Å². The molecule has 2 aliphatic rings. The molecule has 2 heterocycles. The summed E-state index contributed by atoms with van der Waals surface area (Å²) in [6.07, 6.45) is 3.55. The van der Waals surface area contributed by atoms with Gasteiger partial charge < -0.3 is 9.64 Å². The smallest absolute Gasteiger partial charge is 0.0362 e. The van der Waals surface area contributed by atoms with E-state index in [1.54, 1.807) is 19.4 Å². The molecule has 8 heteroatoms. The third kappa shape index (κ3) is 6.48. The van der Waals surface area contributed by atoms with Gasteiger partial charge in [-0.2, -0.15) is 0 Å². The number of nitrogens with zero attached hydrogens (tertiary/aromatic N) is 6. The van der Waals surface area contributed by atoms with Gasteiger partial charge in [0.15, 0.2) is 5.88 Å². The van der Waals surface area contributed by atoms with Gasteiger partial charge in [0.25, 0.3) is 0 Å². The molecule has 7 nitrogen and oxygen atoms in total. The van der Waals surface area contributed by atoms with Crippen LogP contribution >= 0.6 is 0 Å². The maximum Gasteiger partial charge on any atom is -0.0362 e. The molecule has 0 amide bonds. The molecule has 0 spiro atoms. The van der Waals surface area contributed by atoms with Crippen LogP contribution in [0.15, 0.2) is 66.1 Å². The molecule has 184 valence electrons. The van der Waals surface area contributed by atoms with Gasteiger partial charge in [-0.25, -0.2) is 0 Å². The van der Waals surface area contributed by atoms with E-state index in [1.165, 1.54) is 29.8 Å². The molecule has 0 aliphatic carbocycles. The van der Waals surface area contributed by atoms with Crippen LogP contribution in [0.4, 0.5) is 17.1 Å². The van der Waals surface area contributed by atoms with Crippen LogP contribution in [0.2, 0.25) is 0 Å². The molecule has 0 bridgehead atoms. The molecule has 2 aromatic rings. The molecule has 2 fully saturated rings. The number of azide groups is 1. The first-order chi connectivity index (χ1) is 17.1. The number of hydrogen-bond acceptors (Lipinski definition) is 5. The van der Waals surface area contributed by atoms with Gasteiger partial charge in [-0.15, -0.1) is 0 Å². The molecule has 2 unspecified atom stereocenters. The zero-order chi connectivity index (χ0) is 24.6. The van der Waals surface area contributed by atoms with Crippen LogP contribution in [0.25, 0.3) is 10.4 Å². The van der Waals surface area contributed by atoms with E-state index in [0.29, 0.717) is 24.9 Å². The van der Waals surface area contributed by atoms with Crippen molar-refractivity contribution in [3.8, 4) is 0 Å². The molecule has 35 heavy (non-hydrogen) atoms. The largest absolute Gasteiger partial charge is 0.0367 e. The van der Waals surface area contributed by atoms with E-state index in [1.807, 2.05) is 4.90 Å². The first-order valence-corrected chi connectivity index (χ1v) is 14.1. The summed E-state index contributed by atoms with van der Waals surface area (Å²) < 4.78 is 8.16. The number of anilines is 3. The van der Waals surface area contributed by atoms with Crippen molar-refractivity contribution in [1.82, 2.24) is 0 Å². The third-order valence-electron chi connectivity index (χ3n) is 6.80. The van der Waals surface area contributed by atoms with Gasteiger partial charge >= 0.3 is 133 Å².